The van der Waals surface area contributed by atoms with Gasteiger partial charge in [-0.15, -0.1) is 0 Å². The van der Waals surface area contributed by atoms with Gasteiger partial charge in [-0.1, -0.05) is 38.2 Å². The lowest BCUT2D eigenvalue weighted by Crippen LogP contribution is -2.13. The van der Waals surface area contributed by atoms with Crippen LogP contribution in [-0.2, 0) is 0 Å². The predicted molar refractivity (Wildman–Crippen MR) is 52.8 cm³/mol. The van der Waals surface area contributed by atoms with Crippen molar-refractivity contribution >= 4 is 0 Å². The van der Waals surface area contributed by atoms with Gasteiger partial charge in [-0.25, -0.2) is 0 Å². The zero-order valence-corrected chi connectivity index (χ0v) is 8.03. The van der Waals surface area contributed by atoms with Crippen LogP contribution in [0, 0.1) is 23.7 Å². The Morgan fingerprint density at radius 1 is 1.08 bits per heavy atom. The topological polar surface area (TPSA) is 0 Å². The summed E-state index contributed by atoms with van der Waals surface area (Å²) in [5, 5.41) is 0. The van der Waals surface area contributed by atoms with Crippen molar-refractivity contribution in [1.29, 1.82) is 0 Å². The molecule has 0 saturated heterocycles. The van der Waals surface area contributed by atoms with E-state index in [0.717, 1.165) is 23.7 Å². The second kappa shape index (κ2) is 3.08. The third-order valence-corrected chi connectivity index (χ3v) is 3.35. The van der Waals surface area contributed by atoms with Crippen LogP contribution in [0.2, 0.25) is 0 Å². The molecule has 0 amide bonds. The van der Waals surface area contributed by atoms with E-state index < -0.39 is 0 Å². The van der Waals surface area contributed by atoms with Gasteiger partial charge in [0, 0.05) is 0 Å². The van der Waals surface area contributed by atoms with E-state index in [1.807, 2.05) is 0 Å². The van der Waals surface area contributed by atoms with E-state index in [0.29, 0.717) is 0 Å². The summed E-state index contributed by atoms with van der Waals surface area (Å²) in [6.45, 7) is 4.70. The summed E-state index contributed by atoms with van der Waals surface area (Å²) in [5.74, 6) is 3.38. The molecular formula is C12H18. The molecule has 0 N–H and O–H groups in total. The van der Waals surface area contributed by atoms with Crippen LogP contribution in [0.5, 0.6) is 0 Å². The number of allylic oxidation sites excluding steroid dienone is 4. The number of hydrogen-bond donors (Lipinski definition) is 0. The van der Waals surface area contributed by atoms with Crippen molar-refractivity contribution in [1.82, 2.24) is 0 Å². The third kappa shape index (κ3) is 1.35. The summed E-state index contributed by atoms with van der Waals surface area (Å²) >= 11 is 0. The second-order valence-corrected chi connectivity index (χ2v) is 4.48. The summed E-state index contributed by atoms with van der Waals surface area (Å²) < 4.78 is 0. The highest BCUT2D eigenvalue weighted by atomic mass is 14.3. The third-order valence-electron chi connectivity index (χ3n) is 3.35. The Bertz CT molecular complexity index is 212. The van der Waals surface area contributed by atoms with Gasteiger partial charge in [-0.3, -0.25) is 0 Å². The molecule has 4 unspecified atom stereocenters. The molecule has 12 heavy (non-hydrogen) atoms. The minimum atomic E-state index is 0.816. The van der Waals surface area contributed by atoms with Crippen LogP contribution in [0.3, 0.4) is 0 Å². The highest BCUT2D eigenvalue weighted by Crippen LogP contribution is 2.38. The van der Waals surface area contributed by atoms with Gasteiger partial charge in [-0.2, -0.15) is 0 Å². The maximum absolute atomic E-state index is 2.43. The molecule has 2 aliphatic rings. The molecule has 0 radical (unpaired) electrons. The zero-order valence-electron chi connectivity index (χ0n) is 8.03. The van der Waals surface area contributed by atoms with E-state index >= 15 is 0 Å². The summed E-state index contributed by atoms with van der Waals surface area (Å²) in [6, 6.07) is 0. The fourth-order valence-corrected chi connectivity index (χ4v) is 2.57. The lowest BCUT2D eigenvalue weighted by atomic mass is 9.84. The first-order chi connectivity index (χ1) is 5.77. The molecule has 66 valence electrons. The van der Waals surface area contributed by atoms with Gasteiger partial charge in [0.05, 0.1) is 0 Å². The monoisotopic (exact) mass is 162 g/mol. The Balaban J connectivity index is 2.01. The Labute approximate surface area is 75.4 Å². The van der Waals surface area contributed by atoms with Gasteiger partial charge >= 0.3 is 0 Å². The van der Waals surface area contributed by atoms with Gasteiger partial charge in [0.1, 0.15) is 0 Å². The number of rotatable bonds is 1. The van der Waals surface area contributed by atoms with Crippen LogP contribution in [0.1, 0.15) is 26.7 Å². The van der Waals surface area contributed by atoms with Crippen LogP contribution in [0.15, 0.2) is 24.3 Å². The SMILES string of the molecule is CC1C=CC(C2C=CCC2C)C1. The first kappa shape index (κ1) is 8.10. The minimum Gasteiger partial charge on any atom is -0.0879 e. The molecule has 0 bridgehead atoms. The second-order valence-electron chi connectivity index (χ2n) is 4.48. The molecule has 4 atom stereocenters. The molecule has 2 rings (SSSR count). The van der Waals surface area contributed by atoms with Gasteiger partial charge in [-0.05, 0) is 36.5 Å². The normalized spacial score (nSPS) is 45.8. The molecule has 0 heterocycles. The predicted octanol–water partition coefficient (Wildman–Crippen LogP) is 3.41. The van der Waals surface area contributed by atoms with Crippen LogP contribution < -0.4 is 0 Å². The average Bonchev–Trinajstić information content (AvgIpc) is 2.58. The quantitative estimate of drug-likeness (QED) is 0.518. The zero-order chi connectivity index (χ0) is 8.55. The van der Waals surface area contributed by atoms with Gasteiger partial charge < -0.3 is 0 Å². The van der Waals surface area contributed by atoms with Gasteiger partial charge in [0.25, 0.3) is 0 Å². The van der Waals surface area contributed by atoms with Crippen molar-refractivity contribution in [2.24, 2.45) is 23.7 Å². The van der Waals surface area contributed by atoms with Crippen LogP contribution >= 0.6 is 0 Å². The lowest BCUT2D eigenvalue weighted by molar-refractivity contribution is 0.345. The molecule has 0 saturated carbocycles. The molecule has 0 aromatic heterocycles. The summed E-state index contributed by atoms with van der Waals surface area (Å²) in [7, 11) is 0. The molecule has 0 aliphatic heterocycles. The summed E-state index contributed by atoms with van der Waals surface area (Å²) in [5.41, 5.74) is 0. The van der Waals surface area contributed by atoms with E-state index in [4.69, 9.17) is 0 Å². The van der Waals surface area contributed by atoms with Crippen molar-refractivity contribution in [2.45, 2.75) is 26.7 Å². The van der Waals surface area contributed by atoms with E-state index in [-0.39, 0.29) is 0 Å². The molecule has 2 aliphatic carbocycles. The fraction of sp³-hybridized carbons (Fsp3) is 0.667. The average molecular weight is 162 g/mol. The Hall–Kier alpha value is -0.520. The van der Waals surface area contributed by atoms with Crippen molar-refractivity contribution < 1.29 is 0 Å². The van der Waals surface area contributed by atoms with E-state index in [1.54, 1.807) is 0 Å². The molecule has 0 nitrogen and oxygen atoms in total. The fourth-order valence-electron chi connectivity index (χ4n) is 2.57. The lowest BCUT2D eigenvalue weighted by Gasteiger charge is -2.21. The summed E-state index contributed by atoms with van der Waals surface area (Å²) in [6.07, 6.45) is 12.3. The van der Waals surface area contributed by atoms with Crippen LogP contribution in [-0.4, -0.2) is 0 Å². The molecular weight excluding hydrogens is 144 g/mol. The Morgan fingerprint density at radius 3 is 2.42 bits per heavy atom. The van der Waals surface area contributed by atoms with Gasteiger partial charge in [0.15, 0.2) is 0 Å². The van der Waals surface area contributed by atoms with E-state index in [2.05, 4.69) is 38.2 Å². The largest absolute Gasteiger partial charge is 0.0879 e. The first-order valence-corrected chi connectivity index (χ1v) is 5.12. The van der Waals surface area contributed by atoms with Crippen molar-refractivity contribution in [3.63, 3.8) is 0 Å². The minimum absolute atomic E-state index is 0.816. The van der Waals surface area contributed by atoms with Crippen LogP contribution in [0.25, 0.3) is 0 Å². The standard InChI is InChI=1S/C12H18/c1-9-6-7-11(8-9)12-5-3-4-10(12)2/h3,5-7,9-12H,4,8H2,1-2H3. The highest BCUT2D eigenvalue weighted by Gasteiger charge is 2.28. The smallest absolute Gasteiger partial charge is 0.0142 e. The maximum atomic E-state index is 2.43. The highest BCUT2D eigenvalue weighted by molar-refractivity contribution is 5.11. The first-order valence-electron chi connectivity index (χ1n) is 5.12. The molecule has 0 aromatic carbocycles. The van der Waals surface area contributed by atoms with Crippen molar-refractivity contribution in [2.75, 3.05) is 0 Å². The molecule has 0 aromatic rings. The Kier molecular flexibility index (Phi) is 2.08. The number of hydrogen-bond acceptors (Lipinski definition) is 0. The van der Waals surface area contributed by atoms with E-state index in [9.17, 15) is 0 Å². The van der Waals surface area contributed by atoms with Gasteiger partial charge in [0.2, 0.25) is 0 Å². The van der Waals surface area contributed by atoms with Crippen LogP contribution in [0.4, 0.5) is 0 Å². The molecule has 0 heteroatoms. The van der Waals surface area contributed by atoms with Crippen molar-refractivity contribution in [3.05, 3.63) is 24.3 Å². The molecule has 0 fully saturated rings. The maximum Gasteiger partial charge on any atom is -0.0142 e. The molecule has 0 spiro atoms. The Morgan fingerprint density at radius 2 is 1.92 bits per heavy atom. The van der Waals surface area contributed by atoms with Crippen molar-refractivity contribution in [3.8, 4) is 0 Å². The summed E-state index contributed by atoms with van der Waals surface area (Å²) in [4.78, 5) is 0. The van der Waals surface area contributed by atoms with E-state index in [1.165, 1.54) is 12.8 Å².